The second-order valence-electron chi connectivity index (χ2n) is 4.53. The third-order valence-corrected chi connectivity index (χ3v) is 3.02. The highest BCUT2D eigenvalue weighted by atomic mass is 16.4. The van der Waals surface area contributed by atoms with Crippen molar-refractivity contribution in [1.29, 1.82) is 0 Å². The van der Waals surface area contributed by atoms with Crippen molar-refractivity contribution in [3.05, 3.63) is 60.3 Å². The quantitative estimate of drug-likeness (QED) is 0.428. The van der Waals surface area contributed by atoms with Crippen molar-refractivity contribution in [3.63, 3.8) is 0 Å². The molecule has 0 spiro atoms. The van der Waals surface area contributed by atoms with Gasteiger partial charge in [0.05, 0.1) is 0 Å². The van der Waals surface area contributed by atoms with Crippen LogP contribution in [0.1, 0.15) is 11.8 Å². The maximum atomic E-state index is 5.49. The zero-order valence-corrected chi connectivity index (χ0v) is 11.4. The molecule has 0 bridgehead atoms. The van der Waals surface area contributed by atoms with Crippen molar-refractivity contribution in [1.82, 2.24) is 9.97 Å². The summed E-state index contributed by atoms with van der Waals surface area (Å²) in [5.74, 6) is 0.798. The van der Waals surface area contributed by atoms with Crippen LogP contribution in [0.4, 0.5) is 0 Å². The average molecular weight is 290 g/mol. The van der Waals surface area contributed by atoms with E-state index in [0.717, 1.165) is 11.0 Å². The number of oxazole rings is 2. The number of hydrogen-bond acceptors (Lipinski definition) is 6. The van der Waals surface area contributed by atoms with Gasteiger partial charge in [0.1, 0.15) is 23.5 Å². The molecule has 22 heavy (non-hydrogen) atoms. The molecule has 2 aromatic heterocycles. The third kappa shape index (κ3) is 2.37. The molecule has 2 heterocycles. The van der Waals surface area contributed by atoms with Gasteiger partial charge in [-0.2, -0.15) is 10.2 Å². The average Bonchev–Trinajstić information content (AvgIpc) is 3.14. The number of fused-ring (bicyclic) bond motifs is 2. The molecular weight excluding hydrogens is 280 g/mol. The van der Waals surface area contributed by atoms with Gasteiger partial charge in [0, 0.05) is 0 Å². The molecule has 0 fully saturated rings. The molecule has 0 aliphatic heterocycles. The van der Waals surface area contributed by atoms with Crippen LogP contribution in [0.15, 0.2) is 67.6 Å². The van der Waals surface area contributed by atoms with Crippen LogP contribution in [-0.4, -0.2) is 22.4 Å². The highest BCUT2D eigenvalue weighted by Gasteiger charge is 2.02. The summed E-state index contributed by atoms with van der Waals surface area (Å²) in [4.78, 5) is 8.53. The van der Waals surface area contributed by atoms with Crippen molar-refractivity contribution >= 4 is 34.6 Å². The highest BCUT2D eigenvalue weighted by molar-refractivity contribution is 5.83. The molecule has 0 radical (unpaired) electrons. The molecule has 6 nitrogen and oxygen atoms in total. The Bertz CT molecular complexity index is 849. The second kappa shape index (κ2) is 5.25. The van der Waals surface area contributed by atoms with E-state index in [9.17, 15) is 0 Å². The van der Waals surface area contributed by atoms with Gasteiger partial charge < -0.3 is 8.83 Å². The van der Waals surface area contributed by atoms with Gasteiger partial charge in [0.2, 0.25) is 11.8 Å². The molecule has 106 valence electrons. The van der Waals surface area contributed by atoms with E-state index in [1.807, 2.05) is 48.5 Å². The standard InChI is InChI=1S/C16H10N4O2/c1-3-7-13-11(5-1)19-15(21-13)9-17-18-10-16-20-12-6-2-4-8-14(12)22-16/h1-10H/b17-9+,18-10+. The fourth-order valence-electron chi connectivity index (χ4n) is 2.06. The van der Waals surface area contributed by atoms with E-state index >= 15 is 0 Å². The van der Waals surface area contributed by atoms with E-state index < -0.39 is 0 Å². The first-order valence-electron chi connectivity index (χ1n) is 6.66. The van der Waals surface area contributed by atoms with Crippen molar-refractivity contribution in [2.45, 2.75) is 0 Å². The van der Waals surface area contributed by atoms with Gasteiger partial charge in [-0.25, -0.2) is 9.97 Å². The summed E-state index contributed by atoms with van der Waals surface area (Å²) >= 11 is 0. The summed E-state index contributed by atoms with van der Waals surface area (Å²) in [5.41, 5.74) is 3.00. The number of hydrogen-bond donors (Lipinski definition) is 0. The Morgan fingerprint density at radius 1 is 0.682 bits per heavy atom. The number of nitrogens with zero attached hydrogens (tertiary/aromatic N) is 4. The van der Waals surface area contributed by atoms with Crippen LogP contribution in [0.5, 0.6) is 0 Å². The zero-order chi connectivity index (χ0) is 14.8. The summed E-state index contributed by atoms with van der Waals surface area (Å²) in [6, 6.07) is 15.0. The molecule has 0 aliphatic rings. The van der Waals surface area contributed by atoms with Crippen LogP contribution in [0, 0.1) is 0 Å². The number of rotatable bonds is 3. The maximum Gasteiger partial charge on any atom is 0.240 e. The summed E-state index contributed by atoms with van der Waals surface area (Å²) in [6.07, 6.45) is 2.89. The molecule has 0 N–H and O–H groups in total. The topological polar surface area (TPSA) is 76.8 Å². The summed E-state index contributed by atoms with van der Waals surface area (Å²) in [5, 5.41) is 7.78. The molecule has 2 aromatic carbocycles. The van der Waals surface area contributed by atoms with Crippen LogP contribution < -0.4 is 0 Å². The SMILES string of the molecule is C(=N\N=C\c1nc2ccccc2o1)/c1nc2ccccc2o1. The highest BCUT2D eigenvalue weighted by Crippen LogP contribution is 2.14. The molecular formula is C16H10N4O2. The van der Waals surface area contributed by atoms with E-state index in [1.165, 1.54) is 12.4 Å². The predicted molar refractivity (Wildman–Crippen MR) is 83.2 cm³/mol. The van der Waals surface area contributed by atoms with Crippen LogP contribution in [0.3, 0.4) is 0 Å². The first kappa shape index (κ1) is 12.5. The summed E-state index contributed by atoms with van der Waals surface area (Å²) in [6.45, 7) is 0. The summed E-state index contributed by atoms with van der Waals surface area (Å²) < 4.78 is 11.0. The largest absolute Gasteiger partial charge is 0.435 e. The van der Waals surface area contributed by atoms with E-state index in [-0.39, 0.29) is 0 Å². The summed E-state index contributed by atoms with van der Waals surface area (Å²) in [7, 11) is 0. The van der Waals surface area contributed by atoms with Gasteiger partial charge in [0.15, 0.2) is 11.2 Å². The van der Waals surface area contributed by atoms with Gasteiger partial charge >= 0.3 is 0 Å². The van der Waals surface area contributed by atoms with Gasteiger partial charge in [-0.15, -0.1) is 0 Å². The lowest BCUT2D eigenvalue weighted by atomic mass is 10.3. The van der Waals surface area contributed by atoms with E-state index in [4.69, 9.17) is 8.83 Å². The third-order valence-electron chi connectivity index (χ3n) is 3.02. The predicted octanol–water partition coefficient (Wildman–Crippen LogP) is 3.42. The van der Waals surface area contributed by atoms with Gasteiger partial charge in [-0.1, -0.05) is 24.3 Å². The minimum Gasteiger partial charge on any atom is -0.435 e. The lowest BCUT2D eigenvalue weighted by Gasteiger charge is -1.81. The van der Waals surface area contributed by atoms with Crippen LogP contribution >= 0.6 is 0 Å². The zero-order valence-electron chi connectivity index (χ0n) is 11.4. The monoisotopic (exact) mass is 290 g/mol. The Morgan fingerprint density at radius 3 is 1.59 bits per heavy atom. The van der Waals surface area contributed by atoms with Crippen LogP contribution in [0.2, 0.25) is 0 Å². The fraction of sp³-hybridized carbons (Fsp3) is 0. The Morgan fingerprint density at radius 2 is 1.14 bits per heavy atom. The molecule has 0 atom stereocenters. The molecule has 0 saturated heterocycles. The van der Waals surface area contributed by atoms with Gasteiger partial charge in [-0.05, 0) is 24.3 Å². The minimum atomic E-state index is 0.399. The molecule has 0 saturated carbocycles. The van der Waals surface area contributed by atoms with Crippen molar-refractivity contribution < 1.29 is 8.83 Å². The lowest BCUT2D eigenvalue weighted by molar-refractivity contribution is 0.591. The second-order valence-corrected chi connectivity index (χ2v) is 4.53. The van der Waals surface area contributed by atoms with Gasteiger partial charge in [0.25, 0.3) is 0 Å². The first-order valence-corrected chi connectivity index (χ1v) is 6.66. The van der Waals surface area contributed by atoms with Gasteiger partial charge in [-0.3, -0.25) is 0 Å². The smallest absolute Gasteiger partial charge is 0.240 e. The Hall–Kier alpha value is -3.28. The van der Waals surface area contributed by atoms with E-state index in [2.05, 4.69) is 20.2 Å². The number of aromatic nitrogens is 2. The Kier molecular flexibility index (Phi) is 2.97. The lowest BCUT2D eigenvalue weighted by Crippen LogP contribution is -1.80. The molecule has 0 amide bonds. The molecule has 0 aliphatic carbocycles. The van der Waals surface area contributed by atoms with Crippen molar-refractivity contribution in [2.24, 2.45) is 10.2 Å². The number of para-hydroxylation sites is 4. The normalized spacial score (nSPS) is 12.2. The molecule has 4 aromatic rings. The van der Waals surface area contributed by atoms with E-state index in [1.54, 1.807) is 0 Å². The Labute approximate surface area is 124 Å². The van der Waals surface area contributed by atoms with Crippen LogP contribution in [-0.2, 0) is 0 Å². The fourth-order valence-corrected chi connectivity index (χ4v) is 2.06. The minimum absolute atomic E-state index is 0.399. The molecule has 0 unspecified atom stereocenters. The number of benzene rings is 2. The maximum absolute atomic E-state index is 5.49. The van der Waals surface area contributed by atoms with Crippen LogP contribution in [0.25, 0.3) is 22.2 Å². The van der Waals surface area contributed by atoms with E-state index in [0.29, 0.717) is 22.9 Å². The molecule has 4 rings (SSSR count). The first-order chi connectivity index (χ1) is 10.9. The van der Waals surface area contributed by atoms with Crippen molar-refractivity contribution in [2.75, 3.05) is 0 Å². The van der Waals surface area contributed by atoms with Crippen molar-refractivity contribution in [3.8, 4) is 0 Å². The molecule has 6 heteroatoms. The Balaban J connectivity index is 1.53.